The van der Waals surface area contributed by atoms with Crippen LogP contribution in [0.4, 0.5) is 0 Å². The molecule has 4 rings (SSSR count). The Morgan fingerprint density at radius 3 is 2.81 bits per heavy atom. The number of nitrogens with zero attached hydrogens (tertiary/aromatic N) is 1. The lowest BCUT2D eigenvalue weighted by atomic mass is 9.97. The van der Waals surface area contributed by atoms with Gasteiger partial charge in [-0.15, -0.1) is 0 Å². The summed E-state index contributed by atoms with van der Waals surface area (Å²) in [4.78, 5) is 18.5. The van der Waals surface area contributed by atoms with Crippen LogP contribution in [0.1, 0.15) is 43.1 Å². The fourth-order valence-electron chi connectivity index (χ4n) is 4.16. The third-order valence-electron chi connectivity index (χ3n) is 5.54. The van der Waals surface area contributed by atoms with Crippen molar-refractivity contribution in [2.45, 2.75) is 39.2 Å². The number of carbonyl (C=O) groups excluding carboxylic acids is 1. The zero-order valence-electron chi connectivity index (χ0n) is 16.0. The number of carbonyl (C=O) groups is 1. The lowest BCUT2D eigenvalue weighted by Crippen LogP contribution is -2.38. The number of aromatic nitrogens is 1. The number of aryl methyl sites for hydroxylation is 1. The van der Waals surface area contributed by atoms with Gasteiger partial charge in [-0.05, 0) is 49.9 Å². The van der Waals surface area contributed by atoms with Crippen molar-refractivity contribution in [2.24, 2.45) is 0 Å². The summed E-state index contributed by atoms with van der Waals surface area (Å²) in [6.45, 7) is 5.52. The third kappa shape index (κ3) is 3.32. The first-order chi connectivity index (χ1) is 13.2. The Kier molecular flexibility index (Phi) is 4.88. The number of rotatable bonds is 5. The van der Waals surface area contributed by atoms with Gasteiger partial charge in [0.2, 0.25) is 5.91 Å². The number of fused-ring (bicyclic) bond motifs is 3. The Morgan fingerprint density at radius 1 is 1.19 bits per heavy atom. The second-order valence-corrected chi connectivity index (χ2v) is 7.12. The SMILES string of the molecule is CCOc1ccccc1CCC(=O)N1CCc2c([nH]c3ccccc23)[C@H]1C. The van der Waals surface area contributed by atoms with Crippen LogP contribution < -0.4 is 4.74 Å². The third-order valence-corrected chi connectivity index (χ3v) is 5.54. The summed E-state index contributed by atoms with van der Waals surface area (Å²) in [6.07, 6.45) is 2.12. The van der Waals surface area contributed by atoms with Crippen molar-refractivity contribution in [1.29, 1.82) is 0 Å². The highest BCUT2D eigenvalue weighted by molar-refractivity contribution is 5.86. The van der Waals surface area contributed by atoms with Crippen molar-refractivity contribution in [2.75, 3.05) is 13.2 Å². The van der Waals surface area contributed by atoms with Crippen molar-refractivity contribution < 1.29 is 9.53 Å². The van der Waals surface area contributed by atoms with Crippen LogP contribution in [0, 0.1) is 0 Å². The zero-order chi connectivity index (χ0) is 18.8. The Labute approximate surface area is 160 Å². The molecule has 0 spiro atoms. The summed E-state index contributed by atoms with van der Waals surface area (Å²) < 4.78 is 5.69. The predicted molar refractivity (Wildman–Crippen MR) is 108 cm³/mol. The van der Waals surface area contributed by atoms with Gasteiger partial charge in [0.05, 0.1) is 12.6 Å². The average molecular weight is 362 g/mol. The molecule has 1 aliphatic heterocycles. The molecule has 4 heteroatoms. The molecule has 4 nitrogen and oxygen atoms in total. The minimum absolute atomic E-state index is 0.0794. The van der Waals surface area contributed by atoms with Crippen molar-refractivity contribution in [3.63, 3.8) is 0 Å². The Morgan fingerprint density at radius 2 is 1.96 bits per heavy atom. The number of benzene rings is 2. The number of ether oxygens (including phenoxy) is 1. The molecule has 0 saturated carbocycles. The van der Waals surface area contributed by atoms with Crippen LogP contribution in [0.3, 0.4) is 0 Å². The molecule has 140 valence electrons. The predicted octanol–water partition coefficient (Wildman–Crippen LogP) is 4.65. The van der Waals surface area contributed by atoms with Gasteiger partial charge >= 0.3 is 0 Å². The topological polar surface area (TPSA) is 45.3 Å². The van der Waals surface area contributed by atoms with E-state index in [2.05, 4.69) is 30.1 Å². The highest BCUT2D eigenvalue weighted by atomic mass is 16.5. The second-order valence-electron chi connectivity index (χ2n) is 7.12. The largest absolute Gasteiger partial charge is 0.494 e. The van der Waals surface area contributed by atoms with E-state index in [1.807, 2.05) is 42.2 Å². The van der Waals surface area contributed by atoms with Gasteiger partial charge in [-0.25, -0.2) is 0 Å². The van der Waals surface area contributed by atoms with Gasteiger partial charge in [-0.2, -0.15) is 0 Å². The summed E-state index contributed by atoms with van der Waals surface area (Å²) in [7, 11) is 0. The number of hydrogen-bond acceptors (Lipinski definition) is 2. The molecule has 3 aromatic rings. The van der Waals surface area contributed by atoms with Crippen molar-refractivity contribution >= 4 is 16.8 Å². The van der Waals surface area contributed by atoms with Gasteiger partial charge in [-0.3, -0.25) is 4.79 Å². The van der Waals surface area contributed by atoms with Gasteiger partial charge < -0.3 is 14.6 Å². The molecule has 27 heavy (non-hydrogen) atoms. The first-order valence-electron chi connectivity index (χ1n) is 9.78. The molecule has 0 unspecified atom stereocenters. The van der Waals surface area contributed by atoms with E-state index >= 15 is 0 Å². The van der Waals surface area contributed by atoms with Crippen LogP contribution in [0.5, 0.6) is 5.75 Å². The van der Waals surface area contributed by atoms with Crippen molar-refractivity contribution in [1.82, 2.24) is 9.88 Å². The number of amides is 1. The zero-order valence-corrected chi connectivity index (χ0v) is 16.0. The molecule has 1 atom stereocenters. The van der Waals surface area contributed by atoms with Crippen molar-refractivity contribution in [3.05, 3.63) is 65.4 Å². The Balaban J connectivity index is 1.49. The van der Waals surface area contributed by atoms with Gasteiger partial charge in [0, 0.05) is 29.6 Å². The van der Waals surface area contributed by atoms with Crippen LogP contribution in [0.2, 0.25) is 0 Å². The van der Waals surface area contributed by atoms with Crippen LogP contribution in [0.15, 0.2) is 48.5 Å². The number of H-pyrrole nitrogens is 1. The van der Waals surface area contributed by atoms with Crippen LogP contribution >= 0.6 is 0 Å². The average Bonchev–Trinajstić information content (AvgIpc) is 3.07. The quantitative estimate of drug-likeness (QED) is 0.718. The Bertz CT molecular complexity index is 960. The number of hydrogen-bond donors (Lipinski definition) is 1. The normalized spacial score (nSPS) is 16.4. The summed E-state index contributed by atoms with van der Waals surface area (Å²) in [5.41, 5.74) is 4.81. The molecule has 1 amide bonds. The van der Waals surface area contributed by atoms with E-state index in [0.717, 1.165) is 29.8 Å². The molecule has 2 heterocycles. The minimum atomic E-state index is 0.0794. The van der Waals surface area contributed by atoms with E-state index in [4.69, 9.17) is 4.74 Å². The molecule has 0 fully saturated rings. The van der Waals surface area contributed by atoms with Gasteiger partial charge in [0.25, 0.3) is 0 Å². The first-order valence-corrected chi connectivity index (χ1v) is 9.78. The lowest BCUT2D eigenvalue weighted by Gasteiger charge is -2.33. The molecule has 2 aromatic carbocycles. The first kappa shape index (κ1) is 17.7. The number of aromatic amines is 1. The fourth-order valence-corrected chi connectivity index (χ4v) is 4.16. The van der Waals surface area contributed by atoms with Crippen LogP contribution in [0.25, 0.3) is 10.9 Å². The highest BCUT2D eigenvalue weighted by Gasteiger charge is 2.30. The molecule has 0 bridgehead atoms. The fraction of sp³-hybridized carbons (Fsp3) is 0.348. The summed E-state index contributed by atoms with van der Waals surface area (Å²) >= 11 is 0. The van der Waals surface area contributed by atoms with E-state index in [0.29, 0.717) is 19.4 Å². The minimum Gasteiger partial charge on any atom is -0.494 e. The maximum atomic E-state index is 12.9. The maximum Gasteiger partial charge on any atom is 0.223 e. The second kappa shape index (κ2) is 7.47. The monoisotopic (exact) mass is 362 g/mol. The molecule has 0 radical (unpaired) electrons. The van der Waals surface area contributed by atoms with E-state index in [1.165, 1.54) is 16.6 Å². The van der Waals surface area contributed by atoms with Crippen LogP contribution in [-0.4, -0.2) is 28.9 Å². The summed E-state index contributed by atoms with van der Waals surface area (Å²) in [5, 5.41) is 1.29. The molecular formula is C23H26N2O2. The van der Waals surface area contributed by atoms with Gasteiger partial charge in [0.15, 0.2) is 0 Å². The molecule has 1 N–H and O–H groups in total. The van der Waals surface area contributed by atoms with E-state index in [1.54, 1.807) is 0 Å². The smallest absolute Gasteiger partial charge is 0.223 e. The summed E-state index contributed by atoms with van der Waals surface area (Å²) in [6, 6.07) is 16.5. The molecule has 1 aromatic heterocycles. The lowest BCUT2D eigenvalue weighted by molar-refractivity contribution is -0.133. The number of para-hydroxylation sites is 2. The standard InChI is InChI=1S/C23H26N2O2/c1-3-27-21-11-7-4-8-17(21)12-13-22(26)25-15-14-19-18-9-5-6-10-20(18)24-23(19)16(25)2/h4-11,16,24H,3,12-15H2,1-2H3/t16-/m1/s1. The van der Waals surface area contributed by atoms with Gasteiger partial charge in [0.1, 0.15) is 5.75 Å². The van der Waals surface area contributed by atoms with Crippen molar-refractivity contribution in [3.8, 4) is 5.75 Å². The molecule has 0 aliphatic carbocycles. The van der Waals surface area contributed by atoms with Gasteiger partial charge in [-0.1, -0.05) is 36.4 Å². The maximum absolute atomic E-state index is 12.9. The molecule has 0 saturated heterocycles. The van der Waals surface area contributed by atoms with E-state index < -0.39 is 0 Å². The highest BCUT2D eigenvalue weighted by Crippen LogP contribution is 2.34. The molecule has 1 aliphatic rings. The van der Waals surface area contributed by atoms with Crippen LogP contribution in [-0.2, 0) is 17.6 Å². The van der Waals surface area contributed by atoms with E-state index in [-0.39, 0.29) is 11.9 Å². The number of nitrogens with one attached hydrogen (secondary N) is 1. The molecular weight excluding hydrogens is 336 g/mol. The Hall–Kier alpha value is -2.75. The summed E-state index contributed by atoms with van der Waals surface area (Å²) in [5.74, 6) is 1.09. The van der Waals surface area contributed by atoms with E-state index in [9.17, 15) is 4.79 Å².